The van der Waals surface area contributed by atoms with Crippen molar-refractivity contribution < 1.29 is 34.7 Å². The summed E-state index contributed by atoms with van der Waals surface area (Å²) in [6.45, 7) is 5.26. The number of H-pyrrole nitrogens is 1. The van der Waals surface area contributed by atoms with Crippen molar-refractivity contribution in [3.8, 4) is 0 Å². The Bertz CT molecular complexity index is 288. The Labute approximate surface area is 114 Å². The molecule has 94 valence electrons. The van der Waals surface area contributed by atoms with Gasteiger partial charge >= 0.3 is 5.16 Å². The lowest BCUT2D eigenvalue weighted by molar-refractivity contribution is -0.855. The highest BCUT2D eigenvalue weighted by Crippen LogP contribution is 2.08. The molecule has 16 heavy (non-hydrogen) atoms. The molecular formula is C10H19Cl2N3S. The molecule has 0 aliphatic carbocycles. The summed E-state index contributed by atoms with van der Waals surface area (Å²) in [4.78, 5) is 9.17. The fourth-order valence-electron chi connectivity index (χ4n) is 1.16. The van der Waals surface area contributed by atoms with Crippen LogP contribution in [0.3, 0.4) is 0 Å². The number of rotatable bonds is 4. The Morgan fingerprint density at radius 1 is 1.31 bits per heavy atom. The molecule has 0 bridgehead atoms. The topological polar surface area (TPSA) is 31.5 Å². The number of nitrogens with zero attached hydrogens (tertiary/aromatic N) is 1. The van der Waals surface area contributed by atoms with Gasteiger partial charge in [-0.25, -0.2) is 4.98 Å². The third-order valence-electron chi connectivity index (χ3n) is 1.85. The minimum absolute atomic E-state index is 0. The van der Waals surface area contributed by atoms with Gasteiger partial charge in [0.25, 0.3) is 0 Å². The van der Waals surface area contributed by atoms with E-state index >= 15 is 0 Å². The van der Waals surface area contributed by atoms with Crippen LogP contribution < -0.4 is 34.7 Å². The second kappa shape index (κ2) is 9.05. The van der Waals surface area contributed by atoms with Crippen LogP contribution in [-0.2, 0) is 0 Å². The summed E-state index contributed by atoms with van der Waals surface area (Å²) in [6, 6.07) is 2.06. The van der Waals surface area contributed by atoms with Crippen LogP contribution in [0.2, 0.25) is 0 Å². The van der Waals surface area contributed by atoms with Gasteiger partial charge in [-0.15, -0.1) is 0 Å². The zero-order valence-corrected chi connectivity index (χ0v) is 12.4. The van der Waals surface area contributed by atoms with Crippen LogP contribution in [0, 0.1) is 13.8 Å². The molecule has 0 aliphatic rings. The highest BCUT2D eigenvalue weighted by molar-refractivity contribution is 7.99. The standard InChI is InChI=1S/C10H17N3S.2ClH/c1-8-7-9(2)12-10(11-8)14-6-5-13(3)4;;/h7H,5-6H2,1-4H3;2*1H. The average Bonchev–Trinajstić information content (AvgIpc) is 2.01. The maximum absolute atomic E-state index is 4.43. The Morgan fingerprint density at radius 2 is 1.94 bits per heavy atom. The number of nitrogens with one attached hydrogen (secondary N) is 2. The van der Waals surface area contributed by atoms with E-state index in [1.54, 1.807) is 11.8 Å². The number of quaternary nitrogens is 1. The third kappa shape index (κ3) is 7.28. The van der Waals surface area contributed by atoms with Crippen LogP contribution in [0.5, 0.6) is 0 Å². The van der Waals surface area contributed by atoms with E-state index in [4.69, 9.17) is 0 Å². The van der Waals surface area contributed by atoms with Crippen molar-refractivity contribution in [2.75, 3.05) is 26.4 Å². The monoisotopic (exact) mass is 283 g/mol. The lowest BCUT2D eigenvalue weighted by Crippen LogP contribution is -3.06. The summed E-state index contributed by atoms with van der Waals surface area (Å²) in [6.07, 6.45) is 0. The van der Waals surface area contributed by atoms with Gasteiger partial charge in [0.1, 0.15) is 5.69 Å². The fraction of sp³-hybridized carbons (Fsp3) is 0.600. The molecule has 1 aromatic heterocycles. The summed E-state index contributed by atoms with van der Waals surface area (Å²) in [5.74, 6) is 1.11. The van der Waals surface area contributed by atoms with Crippen LogP contribution in [-0.4, -0.2) is 31.4 Å². The van der Waals surface area contributed by atoms with E-state index in [0.717, 1.165) is 23.1 Å². The van der Waals surface area contributed by atoms with Crippen molar-refractivity contribution in [3.05, 3.63) is 17.5 Å². The second-order valence-electron chi connectivity index (χ2n) is 3.82. The summed E-state index contributed by atoms with van der Waals surface area (Å²) in [5.41, 5.74) is 2.26. The van der Waals surface area contributed by atoms with Gasteiger partial charge in [0.2, 0.25) is 0 Å². The highest BCUT2D eigenvalue weighted by atomic mass is 35.5. The maximum atomic E-state index is 4.43. The molecular weight excluding hydrogens is 265 g/mol. The molecule has 1 aromatic rings. The maximum Gasteiger partial charge on any atom is 0.357 e. The molecule has 0 aromatic carbocycles. The third-order valence-corrected chi connectivity index (χ3v) is 2.72. The van der Waals surface area contributed by atoms with Crippen LogP contribution in [0.15, 0.2) is 11.2 Å². The zero-order valence-electron chi connectivity index (χ0n) is 10.1. The Balaban J connectivity index is 0. The minimum atomic E-state index is 0. The van der Waals surface area contributed by atoms with Crippen molar-refractivity contribution >= 4 is 11.8 Å². The molecule has 0 spiro atoms. The first-order valence-electron chi connectivity index (χ1n) is 4.87. The quantitative estimate of drug-likeness (QED) is 0.441. The summed E-state index contributed by atoms with van der Waals surface area (Å²) < 4.78 is 0. The number of aromatic nitrogens is 2. The Hall–Kier alpha value is -0.0300. The number of halogens is 2. The van der Waals surface area contributed by atoms with E-state index in [1.165, 1.54) is 10.6 Å². The molecule has 0 radical (unpaired) electrons. The molecule has 0 aliphatic heterocycles. The molecule has 1 rings (SSSR count). The van der Waals surface area contributed by atoms with Crippen LogP contribution in [0.25, 0.3) is 0 Å². The molecule has 0 fully saturated rings. The van der Waals surface area contributed by atoms with Gasteiger partial charge in [0, 0.05) is 13.0 Å². The molecule has 6 heteroatoms. The minimum Gasteiger partial charge on any atom is -1.00 e. The van der Waals surface area contributed by atoms with Crippen molar-refractivity contribution in [1.29, 1.82) is 0 Å². The van der Waals surface area contributed by atoms with Gasteiger partial charge in [-0.3, -0.25) is 0 Å². The molecule has 1 heterocycles. The summed E-state index contributed by atoms with van der Waals surface area (Å²) in [5, 5.41) is 1.03. The van der Waals surface area contributed by atoms with E-state index in [9.17, 15) is 0 Å². The van der Waals surface area contributed by atoms with Crippen molar-refractivity contribution in [3.63, 3.8) is 0 Å². The van der Waals surface area contributed by atoms with E-state index < -0.39 is 0 Å². The molecule has 0 saturated carbocycles. The van der Waals surface area contributed by atoms with E-state index in [1.807, 2.05) is 6.92 Å². The highest BCUT2D eigenvalue weighted by Gasteiger charge is 2.09. The first-order chi connectivity index (χ1) is 6.58. The van der Waals surface area contributed by atoms with E-state index in [0.29, 0.717) is 0 Å². The predicted octanol–water partition coefficient (Wildman–Crippen LogP) is -6.24. The second-order valence-corrected chi connectivity index (χ2v) is 4.90. The lowest BCUT2D eigenvalue weighted by atomic mass is 10.4. The molecule has 0 atom stereocenters. The van der Waals surface area contributed by atoms with E-state index in [-0.39, 0.29) is 24.8 Å². The Morgan fingerprint density at radius 3 is 2.44 bits per heavy atom. The van der Waals surface area contributed by atoms with Gasteiger partial charge in [-0.1, -0.05) is 0 Å². The van der Waals surface area contributed by atoms with Gasteiger partial charge < -0.3 is 29.7 Å². The fourth-order valence-corrected chi connectivity index (χ4v) is 2.30. The predicted molar refractivity (Wildman–Crippen MR) is 58.7 cm³/mol. The van der Waals surface area contributed by atoms with Gasteiger partial charge in [0.15, 0.2) is 5.69 Å². The number of hydrogen-bond acceptors (Lipinski definition) is 2. The number of aryl methyl sites for hydroxylation is 2. The Kier molecular flexibility index (Phi) is 10.4. The summed E-state index contributed by atoms with van der Waals surface area (Å²) in [7, 11) is 4.33. The number of thioether (sulfide) groups is 1. The molecule has 3 nitrogen and oxygen atoms in total. The first kappa shape index (κ1) is 18.3. The molecule has 0 amide bonds. The molecule has 0 saturated heterocycles. The van der Waals surface area contributed by atoms with Crippen molar-refractivity contribution in [2.24, 2.45) is 0 Å². The largest absolute Gasteiger partial charge is 1.00 e. The number of aromatic amines is 1. The van der Waals surface area contributed by atoms with Crippen molar-refractivity contribution in [2.45, 2.75) is 19.0 Å². The molecule has 2 N–H and O–H groups in total. The van der Waals surface area contributed by atoms with Gasteiger partial charge in [0.05, 0.1) is 26.4 Å². The van der Waals surface area contributed by atoms with Crippen LogP contribution >= 0.6 is 11.8 Å². The van der Waals surface area contributed by atoms with Crippen molar-refractivity contribution in [1.82, 2.24) is 4.98 Å². The zero-order chi connectivity index (χ0) is 10.6. The smallest absolute Gasteiger partial charge is 0.357 e. The van der Waals surface area contributed by atoms with Gasteiger partial charge in [-0.2, -0.15) is 0 Å². The lowest BCUT2D eigenvalue weighted by Gasteiger charge is -2.03. The molecule has 0 unspecified atom stereocenters. The van der Waals surface area contributed by atoms with Crippen LogP contribution in [0.4, 0.5) is 0 Å². The van der Waals surface area contributed by atoms with Gasteiger partial charge in [-0.05, 0) is 23.7 Å². The first-order valence-corrected chi connectivity index (χ1v) is 5.86. The number of hydrogen-bond donors (Lipinski definition) is 1. The summed E-state index contributed by atoms with van der Waals surface area (Å²) >= 11 is 1.79. The SMILES string of the molecule is Cc1cc(C)[nH+]c(SCC[NH+](C)C)n1.[Cl-].[Cl-]. The van der Waals surface area contributed by atoms with E-state index in [2.05, 4.69) is 37.1 Å². The normalized spacial score (nSPS) is 9.56. The van der Waals surface area contributed by atoms with Crippen LogP contribution in [0.1, 0.15) is 11.4 Å². The average molecular weight is 284 g/mol.